The number of nitrogens with one attached hydrogen (secondary N) is 2. The lowest BCUT2D eigenvalue weighted by atomic mass is 9.80. The van der Waals surface area contributed by atoms with Crippen molar-refractivity contribution < 1.29 is 9.59 Å². The molecule has 2 aromatic carbocycles. The fourth-order valence-corrected chi connectivity index (χ4v) is 3.82. The van der Waals surface area contributed by atoms with Gasteiger partial charge in [-0.1, -0.05) is 30.3 Å². The summed E-state index contributed by atoms with van der Waals surface area (Å²) in [6, 6.07) is 15.5. The zero-order valence-electron chi connectivity index (χ0n) is 20.2. The Labute approximate surface area is 192 Å². The Bertz CT molecular complexity index is 927. The fourth-order valence-electron chi connectivity index (χ4n) is 3.82. The highest BCUT2D eigenvalue weighted by Crippen LogP contribution is 2.31. The van der Waals surface area contributed by atoms with Crippen molar-refractivity contribution in [2.45, 2.75) is 65.0 Å². The van der Waals surface area contributed by atoms with E-state index >= 15 is 0 Å². The van der Waals surface area contributed by atoms with Crippen LogP contribution >= 0.6 is 0 Å². The summed E-state index contributed by atoms with van der Waals surface area (Å²) in [5.74, 6) is -1.14. The first kappa shape index (κ1) is 25.4. The molecule has 0 aliphatic heterocycles. The van der Waals surface area contributed by atoms with Gasteiger partial charge >= 0.3 is 0 Å². The van der Waals surface area contributed by atoms with Gasteiger partial charge < -0.3 is 22.1 Å². The van der Waals surface area contributed by atoms with Crippen molar-refractivity contribution >= 4 is 17.5 Å². The SMILES string of the molecule is CC(C)(C)NC(=O)C(CN)C(Cc1cc(NC(C)(C)C)cc(C(N)=O)c1)c1ccccc1. The molecule has 6 heteroatoms. The molecule has 0 fully saturated rings. The van der Waals surface area contributed by atoms with E-state index in [-0.39, 0.29) is 29.4 Å². The van der Waals surface area contributed by atoms with Gasteiger partial charge in [-0.15, -0.1) is 0 Å². The van der Waals surface area contributed by atoms with Crippen molar-refractivity contribution in [2.75, 3.05) is 11.9 Å². The van der Waals surface area contributed by atoms with Gasteiger partial charge in [-0.05, 0) is 77.3 Å². The number of benzene rings is 2. The van der Waals surface area contributed by atoms with E-state index in [1.807, 2.05) is 57.2 Å². The van der Waals surface area contributed by atoms with Crippen LogP contribution in [0.5, 0.6) is 0 Å². The number of carbonyl (C=O) groups excluding carboxylic acids is 2. The summed E-state index contributed by atoms with van der Waals surface area (Å²) in [4.78, 5) is 25.1. The monoisotopic (exact) mass is 438 g/mol. The summed E-state index contributed by atoms with van der Waals surface area (Å²) in [5.41, 5.74) is 14.4. The maximum Gasteiger partial charge on any atom is 0.248 e. The molecule has 0 saturated carbocycles. The molecule has 0 heterocycles. The average Bonchev–Trinajstić information content (AvgIpc) is 2.65. The molecule has 2 rings (SSSR count). The van der Waals surface area contributed by atoms with E-state index in [2.05, 4.69) is 31.4 Å². The van der Waals surface area contributed by atoms with Crippen LogP contribution in [0.3, 0.4) is 0 Å². The molecule has 0 saturated heterocycles. The highest BCUT2D eigenvalue weighted by Gasteiger charge is 2.31. The third-order valence-electron chi connectivity index (χ3n) is 5.05. The van der Waals surface area contributed by atoms with Gasteiger partial charge in [0.25, 0.3) is 0 Å². The summed E-state index contributed by atoms with van der Waals surface area (Å²) in [6.07, 6.45) is 0.545. The Morgan fingerprint density at radius 2 is 1.56 bits per heavy atom. The first-order valence-corrected chi connectivity index (χ1v) is 11.1. The molecule has 2 unspecified atom stereocenters. The summed E-state index contributed by atoms with van der Waals surface area (Å²) < 4.78 is 0. The van der Waals surface area contributed by atoms with Crippen LogP contribution < -0.4 is 22.1 Å². The number of hydrogen-bond acceptors (Lipinski definition) is 4. The predicted molar refractivity (Wildman–Crippen MR) is 132 cm³/mol. The van der Waals surface area contributed by atoms with Gasteiger partial charge in [-0.3, -0.25) is 9.59 Å². The number of primary amides is 1. The molecule has 0 aliphatic rings. The zero-order valence-corrected chi connectivity index (χ0v) is 20.2. The van der Waals surface area contributed by atoms with E-state index in [9.17, 15) is 9.59 Å². The van der Waals surface area contributed by atoms with Gasteiger partial charge in [-0.2, -0.15) is 0 Å². The Balaban J connectivity index is 2.49. The molecule has 0 bridgehead atoms. The van der Waals surface area contributed by atoms with E-state index < -0.39 is 11.8 Å². The molecule has 2 amide bonds. The predicted octanol–water partition coefficient (Wildman–Crippen LogP) is 3.81. The maximum atomic E-state index is 13.1. The number of amides is 2. The summed E-state index contributed by atoms with van der Waals surface area (Å²) in [5, 5.41) is 6.49. The van der Waals surface area contributed by atoms with Crippen LogP contribution in [-0.4, -0.2) is 29.4 Å². The highest BCUT2D eigenvalue weighted by atomic mass is 16.2. The van der Waals surface area contributed by atoms with E-state index in [1.165, 1.54) is 0 Å². The number of anilines is 1. The largest absolute Gasteiger partial charge is 0.380 e. The maximum absolute atomic E-state index is 13.1. The average molecular weight is 439 g/mol. The quantitative estimate of drug-likeness (QED) is 0.502. The summed E-state index contributed by atoms with van der Waals surface area (Å²) in [7, 11) is 0. The van der Waals surface area contributed by atoms with Crippen molar-refractivity contribution in [1.29, 1.82) is 0 Å². The van der Waals surface area contributed by atoms with Crippen LogP contribution in [0.25, 0.3) is 0 Å². The van der Waals surface area contributed by atoms with E-state index in [0.717, 1.165) is 16.8 Å². The van der Waals surface area contributed by atoms with Crippen molar-refractivity contribution in [3.63, 3.8) is 0 Å². The second-order valence-corrected chi connectivity index (χ2v) is 10.5. The second-order valence-electron chi connectivity index (χ2n) is 10.5. The van der Waals surface area contributed by atoms with E-state index in [4.69, 9.17) is 11.5 Å². The van der Waals surface area contributed by atoms with Crippen LogP contribution in [0.2, 0.25) is 0 Å². The molecule has 2 atom stereocenters. The summed E-state index contributed by atoms with van der Waals surface area (Å²) in [6.45, 7) is 12.2. The van der Waals surface area contributed by atoms with Gasteiger partial charge in [0.1, 0.15) is 0 Å². The lowest BCUT2D eigenvalue weighted by molar-refractivity contribution is -0.126. The van der Waals surface area contributed by atoms with Gasteiger partial charge in [0.05, 0.1) is 5.92 Å². The molecule has 2 aromatic rings. The van der Waals surface area contributed by atoms with Crippen LogP contribution in [-0.2, 0) is 11.2 Å². The molecule has 0 spiro atoms. The fraction of sp³-hybridized carbons (Fsp3) is 0.462. The number of carbonyl (C=O) groups is 2. The minimum atomic E-state index is -0.485. The zero-order chi connectivity index (χ0) is 24.1. The minimum Gasteiger partial charge on any atom is -0.380 e. The molecule has 6 nitrogen and oxygen atoms in total. The molecule has 0 radical (unpaired) electrons. The molecular weight excluding hydrogens is 400 g/mol. The Morgan fingerprint density at radius 1 is 0.938 bits per heavy atom. The van der Waals surface area contributed by atoms with Gasteiger partial charge in [0.15, 0.2) is 0 Å². The number of nitrogens with two attached hydrogens (primary N) is 2. The Morgan fingerprint density at radius 3 is 2.06 bits per heavy atom. The van der Waals surface area contributed by atoms with E-state index in [1.54, 1.807) is 12.1 Å². The third kappa shape index (κ3) is 7.68. The molecule has 0 aliphatic carbocycles. The lowest BCUT2D eigenvalue weighted by Crippen LogP contribution is -2.47. The van der Waals surface area contributed by atoms with Crippen molar-refractivity contribution in [1.82, 2.24) is 5.32 Å². The number of rotatable bonds is 8. The standard InChI is InChI=1S/C26H38N4O2/c1-25(2,3)29-20-13-17(12-19(15-20)23(28)31)14-21(18-10-8-7-9-11-18)22(16-27)24(32)30-26(4,5)6/h7-13,15,21-22,29H,14,16,27H2,1-6H3,(H2,28,31)(H,30,32). The third-order valence-corrected chi connectivity index (χ3v) is 5.05. The van der Waals surface area contributed by atoms with Crippen LogP contribution in [0.15, 0.2) is 48.5 Å². The van der Waals surface area contributed by atoms with Crippen molar-refractivity contribution in [3.05, 3.63) is 65.2 Å². The summed E-state index contributed by atoms with van der Waals surface area (Å²) >= 11 is 0. The van der Waals surface area contributed by atoms with E-state index in [0.29, 0.717) is 12.0 Å². The first-order chi connectivity index (χ1) is 14.8. The van der Waals surface area contributed by atoms with Crippen LogP contribution in [0.4, 0.5) is 5.69 Å². The smallest absolute Gasteiger partial charge is 0.248 e. The lowest BCUT2D eigenvalue weighted by Gasteiger charge is -2.30. The van der Waals surface area contributed by atoms with Gasteiger partial charge in [0, 0.05) is 34.8 Å². The number of hydrogen-bond donors (Lipinski definition) is 4. The van der Waals surface area contributed by atoms with Crippen molar-refractivity contribution in [2.24, 2.45) is 17.4 Å². The van der Waals surface area contributed by atoms with Crippen LogP contribution in [0, 0.1) is 5.92 Å². The molecular formula is C26H38N4O2. The Kier molecular flexibility index (Phi) is 8.07. The molecule has 6 N–H and O–H groups in total. The van der Waals surface area contributed by atoms with Crippen LogP contribution in [0.1, 0.15) is 68.9 Å². The minimum absolute atomic E-state index is 0.0760. The topological polar surface area (TPSA) is 110 Å². The second kappa shape index (κ2) is 10.2. The molecule has 32 heavy (non-hydrogen) atoms. The first-order valence-electron chi connectivity index (χ1n) is 11.1. The molecule has 174 valence electrons. The molecule has 0 aromatic heterocycles. The highest BCUT2D eigenvalue weighted by molar-refractivity contribution is 5.94. The van der Waals surface area contributed by atoms with Gasteiger partial charge in [-0.25, -0.2) is 0 Å². The van der Waals surface area contributed by atoms with Crippen molar-refractivity contribution in [3.8, 4) is 0 Å². The Hall–Kier alpha value is -2.86. The normalized spacial score (nSPS) is 13.8. The van der Waals surface area contributed by atoms with Gasteiger partial charge in [0.2, 0.25) is 11.8 Å².